The van der Waals surface area contributed by atoms with Gasteiger partial charge >= 0.3 is 0 Å². The third-order valence-corrected chi connectivity index (χ3v) is 2.87. The molecule has 0 amide bonds. The number of aromatic nitrogens is 2. The molecule has 13 heavy (non-hydrogen) atoms. The minimum absolute atomic E-state index is 0.643. The van der Waals surface area contributed by atoms with Crippen LogP contribution in [0.4, 0.5) is 0 Å². The maximum atomic E-state index is 4.08. The summed E-state index contributed by atoms with van der Waals surface area (Å²) >= 11 is 0. The van der Waals surface area contributed by atoms with Crippen LogP contribution in [-0.2, 0) is 0 Å². The second-order valence-electron chi connectivity index (χ2n) is 4.04. The van der Waals surface area contributed by atoms with Crippen molar-refractivity contribution in [3.63, 3.8) is 0 Å². The van der Waals surface area contributed by atoms with Crippen molar-refractivity contribution in [1.82, 2.24) is 14.5 Å². The lowest BCUT2D eigenvalue weighted by Crippen LogP contribution is -2.28. The highest BCUT2D eigenvalue weighted by Crippen LogP contribution is 2.22. The van der Waals surface area contributed by atoms with E-state index in [1.807, 2.05) is 12.5 Å². The van der Waals surface area contributed by atoms with Crippen LogP contribution in [0.2, 0.25) is 0 Å². The Balaban J connectivity index is 1.99. The number of hydrogen-bond acceptors (Lipinski definition) is 2. The van der Waals surface area contributed by atoms with Gasteiger partial charge < -0.3 is 4.57 Å². The topological polar surface area (TPSA) is 21.1 Å². The smallest absolute Gasteiger partial charge is 0.0948 e. The van der Waals surface area contributed by atoms with Crippen LogP contribution in [0, 0.1) is 0 Å². The van der Waals surface area contributed by atoms with Gasteiger partial charge in [0.1, 0.15) is 0 Å². The second-order valence-corrected chi connectivity index (χ2v) is 4.04. The van der Waals surface area contributed by atoms with Crippen molar-refractivity contribution in [1.29, 1.82) is 0 Å². The van der Waals surface area contributed by atoms with Gasteiger partial charge in [-0.25, -0.2) is 4.98 Å². The summed E-state index contributed by atoms with van der Waals surface area (Å²) in [5.74, 6) is 0. The quantitative estimate of drug-likeness (QED) is 0.686. The Kier molecular flexibility index (Phi) is 2.36. The van der Waals surface area contributed by atoms with Gasteiger partial charge in [0.05, 0.1) is 6.33 Å². The molecule has 1 aromatic heterocycles. The molecular formula is C10H17N3. The van der Waals surface area contributed by atoms with Crippen LogP contribution in [0.5, 0.6) is 0 Å². The van der Waals surface area contributed by atoms with E-state index in [9.17, 15) is 0 Å². The van der Waals surface area contributed by atoms with Crippen molar-refractivity contribution in [3.05, 3.63) is 18.7 Å². The zero-order valence-corrected chi connectivity index (χ0v) is 8.35. The summed E-state index contributed by atoms with van der Waals surface area (Å²) in [6.07, 6.45) is 7.11. The molecule has 1 unspecified atom stereocenters. The number of hydrogen-bond donors (Lipinski definition) is 0. The first-order valence-corrected chi connectivity index (χ1v) is 4.99. The van der Waals surface area contributed by atoms with Gasteiger partial charge in [-0.1, -0.05) is 0 Å². The number of nitrogens with zero attached hydrogens (tertiary/aromatic N) is 3. The standard InChI is InChI=1S/C10H17N3/c1-9(2)12-5-3-10(7-12)13-6-4-11-8-13/h4,6,8-10H,3,5,7H2,1-2H3. The summed E-state index contributed by atoms with van der Waals surface area (Å²) < 4.78 is 2.22. The molecule has 1 fully saturated rings. The molecular weight excluding hydrogens is 162 g/mol. The predicted octanol–water partition coefficient (Wildman–Crippen LogP) is 1.54. The molecule has 3 nitrogen and oxygen atoms in total. The van der Waals surface area contributed by atoms with Gasteiger partial charge in [-0.05, 0) is 20.3 Å². The van der Waals surface area contributed by atoms with E-state index in [0.717, 1.165) is 0 Å². The van der Waals surface area contributed by atoms with E-state index in [2.05, 4.69) is 34.5 Å². The molecule has 0 spiro atoms. The molecule has 2 heterocycles. The lowest BCUT2D eigenvalue weighted by molar-refractivity contribution is 0.265. The van der Waals surface area contributed by atoms with Crippen LogP contribution in [0.1, 0.15) is 26.3 Å². The minimum atomic E-state index is 0.643. The Labute approximate surface area is 79.4 Å². The van der Waals surface area contributed by atoms with E-state index in [1.165, 1.54) is 19.5 Å². The van der Waals surface area contributed by atoms with Crippen LogP contribution in [0.15, 0.2) is 18.7 Å². The summed E-state index contributed by atoms with van der Waals surface area (Å²) in [4.78, 5) is 6.60. The zero-order valence-electron chi connectivity index (χ0n) is 8.35. The number of rotatable bonds is 2. The zero-order chi connectivity index (χ0) is 9.26. The average Bonchev–Trinajstić information content (AvgIpc) is 2.75. The van der Waals surface area contributed by atoms with E-state index < -0.39 is 0 Å². The Bertz CT molecular complexity index is 253. The SMILES string of the molecule is CC(C)N1CCC(n2ccnc2)C1. The molecule has 0 radical (unpaired) electrons. The van der Waals surface area contributed by atoms with Gasteiger partial charge in [0.2, 0.25) is 0 Å². The third-order valence-electron chi connectivity index (χ3n) is 2.87. The fourth-order valence-corrected chi connectivity index (χ4v) is 1.97. The first kappa shape index (κ1) is 8.75. The molecule has 3 heteroatoms. The first-order chi connectivity index (χ1) is 6.27. The minimum Gasteiger partial charge on any atom is -0.333 e. The number of imidazole rings is 1. The largest absolute Gasteiger partial charge is 0.333 e. The summed E-state index contributed by atoms with van der Waals surface area (Å²) in [5.41, 5.74) is 0. The van der Waals surface area contributed by atoms with E-state index in [1.54, 1.807) is 0 Å². The lowest BCUT2D eigenvalue weighted by Gasteiger charge is -2.20. The van der Waals surface area contributed by atoms with Gasteiger partial charge in [0.15, 0.2) is 0 Å². The predicted molar refractivity (Wildman–Crippen MR) is 52.6 cm³/mol. The van der Waals surface area contributed by atoms with Gasteiger partial charge in [0.25, 0.3) is 0 Å². The maximum Gasteiger partial charge on any atom is 0.0948 e. The van der Waals surface area contributed by atoms with Crippen LogP contribution < -0.4 is 0 Å². The first-order valence-electron chi connectivity index (χ1n) is 4.99. The Morgan fingerprint density at radius 1 is 1.46 bits per heavy atom. The van der Waals surface area contributed by atoms with Crippen LogP contribution in [0.3, 0.4) is 0 Å². The van der Waals surface area contributed by atoms with Crippen molar-refractivity contribution >= 4 is 0 Å². The molecule has 0 aliphatic carbocycles. The molecule has 2 rings (SSSR count). The Morgan fingerprint density at radius 2 is 2.31 bits per heavy atom. The maximum absolute atomic E-state index is 4.08. The summed E-state index contributed by atoms with van der Waals surface area (Å²) in [6, 6.07) is 1.32. The van der Waals surface area contributed by atoms with Crippen molar-refractivity contribution < 1.29 is 0 Å². The summed E-state index contributed by atoms with van der Waals surface area (Å²) in [6.45, 7) is 6.92. The lowest BCUT2D eigenvalue weighted by atomic mass is 10.2. The number of likely N-dealkylation sites (tertiary alicyclic amines) is 1. The molecule has 1 saturated heterocycles. The van der Waals surface area contributed by atoms with Crippen molar-refractivity contribution in [2.75, 3.05) is 13.1 Å². The van der Waals surface area contributed by atoms with Gasteiger partial charge in [-0.2, -0.15) is 0 Å². The van der Waals surface area contributed by atoms with E-state index in [0.29, 0.717) is 12.1 Å². The highest BCUT2D eigenvalue weighted by atomic mass is 15.2. The molecule has 1 aliphatic heterocycles. The molecule has 72 valence electrons. The van der Waals surface area contributed by atoms with Crippen LogP contribution in [-0.4, -0.2) is 33.6 Å². The van der Waals surface area contributed by atoms with Crippen LogP contribution >= 0.6 is 0 Å². The molecule has 1 atom stereocenters. The summed E-state index contributed by atoms with van der Waals surface area (Å²) in [7, 11) is 0. The van der Waals surface area contributed by atoms with Crippen molar-refractivity contribution in [2.24, 2.45) is 0 Å². The fourth-order valence-electron chi connectivity index (χ4n) is 1.97. The van der Waals surface area contributed by atoms with Gasteiger partial charge in [0, 0.05) is 37.6 Å². The highest BCUT2D eigenvalue weighted by molar-refractivity contribution is 4.87. The van der Waals surface area contributed by atoms with Crippen LogP contribution in [0.25, 0.3) is 0 Å². The molecule has 1 aliphatic rings. The van der Waals surface area contributed by atoms with E-state index >= 15 is 0 Å². The highest BCUT2D eigenvalue weighted by Gasteiger charge is 2.24. The second kappa shape index (κ2) is 3.50. The molecule has 0 saturated carbocycles. The third kappa shape index (κ3) is 1.75. The molecule has 1 aromatic rings. The molecule has 0 aromatic carbocycles. The van der Waals surface area contributed by atoms with Gasteiger partial charge in [-0.3, -0.25) is 4.90 Å². The Morgan fingerprint density at radius 3 is 2.85 bits per heavy atom. The fraction of sp³-hybridized carbons (Fsp3) is 0.700. The Hall–Kier alpha value is -0.830. The molecule has 0 N–H and O–H groups in total. The summed E-state index contributed by atoms with van der Waals surface area (Å²) in [5, 5.41) is 0. The molecule has 0 bridgehead atoms. The van der Waals surface area contributed by atoms with E-state index in [-0.39, 0.29) is 0 Å². The normalized spacial score (nSPS) is 24.4. The average molecular weight is 179 g/mol. The monoisotopic (exact) mass is 179 g/mol. The van der Waals surface area contributed by atoms with Crippen molar-refractivity contribution in [2.45, 2.75) is 32.4 Å². The van der Waals surface area contributed by atoms with Gasteiger partial charge in [-0.15, -0.1) is 0 Å². The van der Waals surface area contributed by atoms with Crippen molar-refractivity contribution in [3.8, 4) is 0 Å². The van der Waals surface area contributed by atoms with E-state index in [4.69, 9.17) is 0 Å².